The highest BCUT2D eigenvalue weighted by atomic mass is 35.5. The molecule has 0 aliphatic carbocycles. The number of carbonyl (C=O) groups is 1. The van der Waals surface area contributed by atoms with Crippen LogP contribution in [0.15, 0.2) is 42.7 Å². The lowest BCUT2D eigenvalue weighted by molar-refractivity contribution is 0.0952. The second kappa shape index (κ2) is 7.09. The van der Waals surface area contributed by atoms with Crippen molar-refractivity contribution in [1.82, 2.24) is 29.9 Å². The smallest absolute Gasteiger partial charge is 0.252 e. The number of aromatic nitrogens is 5. The quantitative estimate of drug-likeness (QED) is 0.576. The standard InChI is InChI=1S/C20H19ClN6O/c1-12-18-16(20(28)22-9-13-10-23-26(2)11-13)8-17(24-19(18)27(3)25-12)14-4-6-15(21)7-5-14/h4-8,10-11H,9H2,1-3H3,(H,22,28). The second-order valence-electron chi connectivity index (χ2n) is 6.67. The van der Waals surface area contributed by atoms with E-state index < -0.39 is 0 Å². The first-order valence-corrected chi connectivity index (χ1v) is 9.16. The van der Waals surface area contributed by atoms with Gasteiger partial charge in [-0.2, -0.15) is 10.2 Å². The summed E-state index contributed by atoms with van der Waals surface area (Å²) >= 11 is 6.00. The van der Waals surface area contributed by atoms with Crippen LogP contribution in [0.5, 0.6) is 0 Å². The van der Waals surface area contributed by atoms with Gasteiger partial charge in [0.25, 0.3) is 5.91 Å². The number of nitrogens with zero attached hydrogens (tertiary/aromatic N) is 5. The summed E-state index contributed by atoms with van der Waals surface area (Å²) < 4.78 is 3.40. The molecule has 142 valence electrons. The Balaban J connectivity index is 1.76. The number of aryl methyl sites for hydroxylation is 3. The van der Waals surface area contributed by atoms with Gasteiger partial charge in [-0.3, -0.25) is 14.2 Å². The van der Waals surface area contributed by atoms with Crippen LogP contribution in [0.1, 0.15) is 21.6 Å². The topological polar surface area (TPSA) is 77.6 Å². The van der Waals surface area contributed by atoms with E-state index in [2.05, 4.69) is 15.5 Å². The summed E-state index contributed by atoms with van der Waals surface area (Å²) in [6.07, 6.45) is 3.60. The molecule has 1 N–H and O–H groups in total. The zero-order chi connectivity index (χ0) is 19.8. The van der Waals surface area contributed by atoms with Gasteiger partial charge in [0.15, 0.2) is 5.65 Å². The SMILES string of the molecule is Cc1nn(C)c2nc(-c3ccc(Cl)cc3)cc(C(=O)NCc3cnn(C)c3)c12. The zero-order valence-electron chi connectivity index (χ0n) is 15.8. The predicted octanol–water partition coefficient (Wildman–Crippen LogP) is 3.26. The third-order valence-corrected chi connectivity index (χ3v) is 4.82. The van der Waals surface area contributed by atoms with Crippen molar-refractivity contribution in [2.75, 3.05) is 0 Å². The Morgan fingerprint density at radius 2 is 1.96 bits per heavy atom. The van der Waals surface area contributed by atoms with Gasteiger partial charge in [0.05, 0.1) is 28.5 Å². The Bertz CT molecular complexity index is 1180. The largest absolute Gasteiger partial charge is 0.348 e. The Morgan fingerprint density at radius 3 is 2.64 bits per heavy atom. The summed E-state index contributed by atoms with van der Waals surface area (Å²) in [7, 11) is 3.67. The van der Waals surface area contributed by atoms with Crippen molar-refractivity contribution in [3.63, 3.8) is 0 Å². The highest BCUT2D eigenvalue weighted by Crippen LogP contribution is 2.27. The number of carbonyl (C=O) groups excluding carboxylic acids is 1. The van der Waals surface area contributed by atoms with E-state index in [1.165, 1.54) is 0 Å². The van der Waals surface area contributed by atoms with Crippen molar-refractivity contribution in [3.05, 3.63) is 64.6 Å². The van der Waals surface area contributed by atoms with E-state index in [1.54, 1.807) is 33.8 Å². The molecule has 0 fully saturated rings. The van der Waals surface area contributed by atoms with Gasteiger partial charge in [-0.15, -0.1) is 0 Å². The Kier molecular flexibility index (Phi) is 4.60. The molecule has 0 unspecified atom stereocenters. The number of halogens is 1. The van der Waals surface area contributed by atoms with Gasteiger partial charge in [-0.25, -0.2) is 4.98 Å². The van der Waals surface area contributed by atoms with E-state index in [1.807, 2.05) is 39.3 Å². The molecule has 7 nitrogen and oxygen atoms in total. The molecular formula is C20H19ClN6O. The Hall–Kier alpha value is -3.19. The first-order chi connectivity index (χ1) is 13.4. The molecule has 8 heteroatoms. The maximum atomic E-state index is 13.0. The Labute approximate surface area is 167 Å². The van der Waals surface area contributed by atoms with Gasteiger partial charge >= 0.3 is 0 Å². The monoisotopic (exact) mass is 394 g/mol. The number of rotatable bonds is 4. The minimum Gasteiger partial charge on any atom is -0.348 e. The van der Waals surface area contributed by atoms with Crippen molar-refractivity contribution >= 4 is 28.5 Å². The van der Waals surface area contributed by atoms with E-state index >= 15 is 0 Å². The normalized spacial score (nSPS) is 11.1. The van der Waals surface area contributed by atoms with Crippen LogP contribution in [0.4, 0.5) is 0 Å². The fourth-order valence-corrected chi connectivity index (χ4v) is 3.36. The van der Waals surface area contributed by atoms with E-state index in [-0.39, 0.29) is 5.91 Å². The number of benzene rings is 1. The maximum absolute atomic E-state index is 13.0. The van der Waals surface area contributed by atoms with Crippen molar-refractivity contribution < 1.29 is 4.79 Å². The van der Waals surface area contributed by atoms with Crippen LogP contribution in [0.3, 0.4) is 0 Å². The number of hydrogen-bond acceptors (Lipinski definition) is 4. The van der Waals surface area contributed by atoms with Crippen LogP contribution in [0.25, 0.3) is 22.3 Å². The number of fused-ring (bicyclic) bond motifs is 1. The van der Waals surface area contributed by atoms with E-state index in [9.17, 15) is 4.79 Å². The van der Waals surface area contributed by atoms with Gasteiger partial charge in [-0.05, 0) is 25.1 Å². The molecule has 3 aromatic heterocycles. The molecule has 0 radical (unpaired) electrons. The molecule has 0 atom stereocenters. The molecule has 0 bridgehead atoms. The second-order valence-corrected chi connectivity index (χ2v) is 7.11. The average Bonchev–Trinajstić information content (AvgIpc) is 3.22. The molecular weight excluding hydrogens is 376 g/mol. The van der Waals surface area contributed by atoms with Crippen LogP contribution in [0, 0.1) is 6.92 Å². The lowest BCUT2D eigenvalue weighted by Crippen LogP contribution is -2.23. The zero-order valence-corrected chi connectivity index (χ0v) is 16.5. The summed E-state index contributed by atoms with van der Waals surface area (Å²) in [5, 5.41) is 12.9. The molecule has 0 aliphatic heterocycles. The van der Waals surface area contributed by atoms with Gasteiger partial charge in [-0.1, -0.05) is 23.7 Å². The van der Waals surface area contributed by atoms with Gasteiger partial charge in [0, 0.05) is 43.0 Å². The lowest BCUT2D eigenvalue weighted by atomic mass is 10.0. The van der Waals surface area contributed by atoms with Gasteiger partial charge < -0.3 is 5.32 Å². The summed E-state index contributed by atoms with van der Waals surface area (Å²) in [6.45, 7) is 2.27. The number of hydrogen-bond donors (Lipinski definition) is 1. The highest BCUT2D eigenvalue weighted by Gasteiger charge is 2.19. The summed E-state index contributed by atoms with van der Waals surface area (Å²) in [5.41, 5.74) is 4.48. The average molecular weight is 395 g/mol. The minimum atomic E-state index is -0.178. The van der Waals surface area contributed by atoms with Crippen molar-refractivity contribution in [2.45, 2.75) is 13.5 Å². The van der Waals surface area contributed by atoms with Crippen LogP contribution in [-0.2, 0) is 20.6 Å². The number of nitrogens with one attached hydrogen (secondary N) is 1. The fraction of sp³-hybridized carbons (Fsp3) is 0.200. The molecule has 4 rings (SSSR count). The molecule has 0 spiro atoms. The minimum absolute atomic E-state index is 0.178. The maximum Gasteiger partial charge on any atom is 0.252 e. The van der Waals surface area contributed by atoms with Crippen LogP contribution in [0.2, 0.25) is 5.02 Å². The Morgan fingerprint density at radius 1 is 1.21 bits per heavy atom. The summed E-state index contributed by atoms with van der Waals surface area (Å²) in [6, 6.07) is 9.19. The molecule has 0 saturated heterocycles. The first-order valence-electron chi connectivity index (χ1n) is 8.78. The van der Waals surface area contributed by atoms with Crippen LogP contribution < -0.4 is 5.32 Å². The third kappa shape index (κ3) is 3.36. The van der Waals surface area contributed by atoms with Gasteiger partial charge in [0.1, 0.15) is 0 Å². The van der Waals surface area contributed by atoms with Crippen molar-refractivity contribution in [2.24, 2.45) is 14.1 Å². The number of amides is 1. The van der Waals surface area contributed by atoms with Gasteiger partial charge in [0.2, 0.25) is 0 Å². The fourth-order valence-electron chi connectivity index (χ4n) is 3.23. The van der Waals surface area contributed by atoms with Crippen LogP contribution in [-0.4, -0.2) is 30.5 Å². The molecule has 0 aliphatic rings. The first kappa shape index (κ1) is 18.2. The molecule has 28 heavy (non-hydrogen) atoms. The summed E-state index contributed by atoms with van der Waals surface area (Å²) in [5.74, 6) is -0.178. The van der Waals surface area contributed by atoms with Crippen LogP contribution >= 0.6 is 11.6 Å². The van der Waals surface area contributed by atoms with Crippen molar-refractivity contribution in [3.8, 4) is 11.3 Å². The molecule has 4 aromatic rings. The third-order valence-electron chi connectivity index (χ3n) is 4.56. The summed E-state index contributed by atoms with van der Waals surface area (Å²) in [4.78, 5) is 17.7. The molecule has 1 aromatic carbocycles. The number of pyridine rings is 1. The molecule has 3 heterocycles. The lowest BCUT2D eigenvalue weighted by Gasteiger charge is -2.09. The predicted molar refractivity (Wildman–Crippen MR) is 108 cm³/mol. The van der Waals surface area contributed by atoms with E-state index in [0.717, 1.165) is 22.2 Å². The molecule has 0 saturated carbocycles. The van der Waals surface area contributed by atoms with E-state index in [4.69, 9.17) is 16.6 Å². The highest BCUT2D eigenvalue weighted by molar-refractivity contribution is 6.30. The van der Waals surface area contributed by atoms with Crippen molar-refractivity contribution in [1.29, 1.82) is 0 Å². The molecule has 1 amide bonds. The van der Waals surface area contributed by atoms with E-state index in [0.29, 0.717) is 28.5 Å².